The third kappa shape index (κ3) is 6.31. The van der Waals surface area contributed by atoms with Gasteiger partial charge in [-0.1, -0.05) is 48.3 Å². The number of halogens is 3. The van der Waals surface area contributed by atoms with Gasteiger partial charge in [0.25, 0.3) is 0 Å². The van der Waals surface area contributed by atoms with Crippen molar-refractivity contribution in [2.45, 2.75) is 58.2 Å². The summed E-state index contributed by atoms with van der Waals surface area (Å²) in [5, 5.41) is 5.18. The Balaban J connectivity index is 1.35. The van der Waals surface area contributed by atoms with Crippen LogP contribution >= 0.6 is 23.2 Å². The largest absolute Gasteiger partial charge is 0.399 e. The quantitative estimate of drug-likeness (QED) is 0.313. The van der Waals surface area contributed by atoms with E-state index >= 15 is 0 Å². The third-order valence-corrected chi connectivity index (χ3v) is 7.94. The first kappa shape index (κ1) is 27.1. The third-order valence-electron chi connectivity index (χ3n) is 7.43. The fourth-order valence-corrected chi connectivity index (χ4v) is 5.90. The number of oxime groups is 1. The molecular weight excluding hydrogens is 500 g/mol. The van der Waals surface area contributed by atoms with Crippen molar-refractivity contribution in [1.29, 1.82) is 0 Å². The normalized spacial score (nSPS) is 20.7. The number of rotatable bonds is 8. The molecule has 1 aromatic heterocycles. The van der Waals surface area contributed by atoms with Crippen LogP contribution in [-0.4, -0.2) is 72.4 Å². The Morgan fingerprint density at radius 3 is 2.56 bits per heavy atom. The van der Waals surface area contributed by atoms with E-state index in [-0.39, 0.29) is 5.82 Å². The summed E-state index contributed by atoms with van der Waals surface area (Å²) in [5.41, 5.74) is 2.44. The molecule has 1 atom stereocenters. The van der Waals surface area contributed by atoms with E-state index < -0.39 is 0 Å². The number of benzene rings is 1. The Labute approximate surface area is 224 Å². The van der Waals surface area contributed by atoms with Crippen LogP contribution in [0, 0.1) is 5.82 Å². The highest BCUT2D eigenvalue weighted by Crippen LogP contribution is 2.30. The van der Waals surface area contributed by atoms with Gasteiger partial charge in [-0.15, -0.1) is 0 Å². The molecule has 0 unspecified atom stereocenters. The molecule has 0 spiro atoms. The average Bonchev–Trinajstić information content (AvgIpc) is 2.89. The van der Waals surface area contributed by atoms with Gasteiger partial charge in [-0.3, -0.25) is 9.80 Å². The lowest BCUT2D eigenvalue weighted by molar-refractivity contribution is 0.0607. The van der Waals surface area contributed by atoms with Gasteiger partial charge in [0.1, 0.15) is 18.7 Å². The lowest BCUT2D eigenvalue weighted by Crippen LogP contribution is -2.58. The number of aromatic nitrogens is 1. The first-order valence-corrected chi connectivity index (χ1v) is 13.6. The summed E-state index contributed by atoms with van der Waals surface area (Å²) in [4.78, 5) is 17.0. The van der Waals surface area contributed by atoms with Gasteiger partial charge in [-0.2, -0.15) is 0 Å². The molecule has 36 heavy (non-hydrogen) atoms. The van der Waals surface area contributed by atoms with Gasteiger partial charge in [0, 0.05) is 60.6 Å². The first-order valence-electron chi connectivity index (χ1n) is 12.9. The van der Waals surface area contributed by atoms with Gasteiger partial charge >= 0.3 is 0 Å². The Kier molecular flexibility index (Phi) is 9.45. The summed E-state index contributed by atoms with van der Waals surface area (Å²) in [6.07, 6.45) is 5.85. The molecule has 3 heterocycles. The fraction of sp³-hybridized carbons (Fsp3) is 0.556. The highest BCUT2D eigenvalue weighted by molar-refractivity contribution is 6.33. The van der Waals surface area contributed by atoms with Gasteiger partial charge in [0.15, 0.2) is 0 Å². The second-order valence-electron chi connectivity index (χ2n) is 9.59. The van der Waals surface area contributed by atoms with Gasteiger partial charge in [-0.25, -0.2) is 9.37 Å². The van der Waals surface area contributed by atoms with Crippen LogP contribution in [0.1, 0.15) is 50.7 Å². The standard InChI is InChI=1S/C27H36Cl2FN5O/c1-4-22-18-34(27-24(29)14-20(16-31-27)26(5-2)32-36-3)12-13-35(22)23-8-10-33(11-9-23)17-19-6-7-21(28)15-25(19)30/h6-7,14-16,22-23H,4-5,8-13,17-18H2,1-3H3/b32-26-/t22-/m0/s1. The summed E-state index contributed by atoms with van der Waals surface area (Å²) in [6.45, 7) is 9.66. The number of likely N-dealkylation sites (tertiary alicyclic amines) is 1. The molecule has 1 aromatic carbocycles. The fourth-order valence-electron chi connectivity index (χ4n) is 5.46. The van der Waals surface area contributed by atoms with Crippen molar-refractivity contribution >= 4 is 34.7 Å². The Bertz CT molecular complexity index is 1060. The van der Waals surface area contributed by atoms with E-state index in [9.17, 15) is 4.39 Å². The molecule has 2 aliphatic rings. The van der Waals surface area contributed by atoms with Gasteiger partial charge in [-0.05, 0) is 57.0 Å². The number of piperidine rings is 1. The monoisotopic (exact) mass is 535 g/mol. The van der Waals surface area contributed by atoms with E-state index in [1.807, 2.05) is 19.2 Å². The molecular formula is C27H36Cl2FN5O. The predicted octanol–water partition coefficient (Wildman–Crippen LogP) is 5.85. The molecule has 196 valence electrons. The lowest BCUT2D eigenvalue weighted by atomic mass is 9.97. The van der Waals surface area contributed by atoms with E-state index in [1.165, 1.54) is 6.07 Å². The van der Waals surface area contributed by atoms with E-state index in [0.29, 0.717) is 34.2 Å². The highest BCUT2D eigenvalue weighted by Gasteiger charge is 2.34. The maximum absolute atomic E-state index is 14.2. The molecule has 0 radical (unpaired) electrons. The van der Waals surface area contributed by atoms with E-state index in [0.717, 1.165) is 75.5 Å². The second kappa shape index (κ2) is 12.5. The molecule has 0 aliphatic carbocycles. The summed E-state index contributed by atoms with van der Waals surface area (Å²) >= 11 is 12.6. The Morgan fingerprint density at radius 2 is 1.92 bits per heavy atom. The number of nitrogens with zero attached hydrogens (tertiary/aromatic N) is 5. The SMILES string of the molecule is CC/C(=N/OC)c1cnc(N2CCN(C3CCN(Cc4ccc(Cl)cc4F)CC3)[C@@H](CC)C2)c(Cl)c1. The zero-order valence-corrected chi connectivity index (χ0v) is 22.9. The van der Waals surface area contributed by atoms with Crippen molar-refractivity contribution in [2.75, 3.05) is 44.7 Å². The molecule has 0 N–H and O–H groups in total. The minimum atomic E-state index is -0.219. The van der Waals surface area contributed by atoms with Crippen molar-refractivity contribution in [1.82, 2.24) is 14.8 Å². The summed E-state index contributed by atoms with van der Waals surface area (Å²) < 4.78 is 14.2. The summed E-state index contributed by atoms with van der Waals surface area (Å²) in [7, 11) is 1.55. The molecule has 2 saturated heterocycles. The number of pyridine rings is 1. The first-order chi connectivity index (χ1) is 17.4. The van der Waals surface area contributed by atoms with Crippen molar-refractivity contribution in [3.8, 4) is 0 Å². The topological polar surface area (TPSA) is 44.2 Å². The van der Waals surface area contributed by atoms with Crippen molar-refractivity contribution < 1.29 is 9.23 Å². The van der Waals surface area contributed by atoms with Crippen LogP contribution in [0.2, 0.25) is 10.0 Å². The van der Waals surface area contributed by atoms with Crippen LogP contribution in [0.15, 0.2) is 35.6 Å². The van der Waals surface area contributed by atoms with E-state index in [2.05, 4.69) is 26.8 Å². The molecule has 2 aliphatic heterocycles. The molecule has 0 bridgehead atoms. The number of hydrogen-bond acceptors (Lipinski definition) is 6. The minimum absolute atomic E-state index is 0.219. The molecule has 9 heteroatoms. The average molecular weight is 537 g/mol. The second-order valence-corrected chi connectivity index (χ2v) is 10.4. The Hall–Kier alpha value is -1.93. The van der Waals surface area contributed by atoms with Crippen LogP contribution < -0.4 is 4.90 Å². The van der Waals surface area contributed by atoms with Crippen molar-refractivity contribution in [2.24, 2.45) is 5.16 Å². The summed E-state index contributed by atoms with van der Waals surface area (Å²) in [6, 6.07) is 7.91. The van der Waals surface area contributed by atoms with Crippen molar-refractivity contribution in [3.63, 3.8) is 0 Å². The summed E-state index contributed by atoms with van der Waals surface area (Å²) in [5.74, 6) is 0.621. The van der Waals surface area contributed by atoms with Crippen LogP contribution in [-0.2, 0) is 11.4 Å². The van der Waals surface area contributed by atoms with E-state index in [4.69, 9.17) is 33.0 Å². The maximum atomic E-state index is 14.2. The molecule has 6 nitrogen and oxygen atoms in total. The van der Waals surface area contributed by atoms with Gasteiger partial charge < -0.3 is 9.74 Å². The van der Waals surface area contributed by atoms with Crippen LogP contribution in [0.25, 0.3) is 0 Å². The Morgan fingerprint density at radius 1 is 1.14 bits per heavy atom. The van der Waals surface area contributed by atoms with Crippen LogP contribution in [0.3, 0.4) is 0 Å². The smallest absolute Gasteiger partial charge is 0.147 e. The number of piperazine rings is 1. The zero-order valence-electron chi connectivity index (χ0n) is 21.4. The molecule has 0 saturated carbocycles. The number of anilines is 1. The highest BCUT2D eigenvalue weighted by atomic mass is 35.5. The van der Waals surface area contributed by atoms with Crippen molar-refractivity contribution in [3.05, 3.63) is 57.5 Å². The number of hydrogen-bond donors (Lipinski definition) is 0. The molecule has 0 amide bonds. The van der Waals surface area contributed by atoms with Crippen LogP contribution in [0.5, 0.6) is 0 Å². The molecule has 2 aromatic rings. The van der Waals surface area contributed by atoms with Crippen LogP contribution in [0.4, 0.5) is 10.2 Å². The van der Waals surface area contributed by atoms with E-state index in [1.54, 1.807) is 19.2 Å². The molecule has 4 rings (SSSR count). The minimum Gasteiger partial charge on any atom is -0.399 e. The molecule has 2 fully saturated rings. The van der Waals surface area contributed by atoms with Gasteiger partial charge in [0.2, 0.25) is 0 Å². The maximum Gasteiger partial charge on any atom is 0.147 e. The van der Waals surface area contributed by atoms with Gasteiger partial charge in [0.05, 0.1) is 10.7 Å². The zero-order chi connectivity index (χ0) is 25.7. The lowest BCUT2D eigenvalue weighted by Gasteiger charge is -2.47. The predicted molar refractivity (Wildman–Crippen MR) is 146 cm³/mol.